The van der Waals surface area contributed by atoms with Crippen LogP contribution in [0.1, 0.15) is 47.8 Å². The summed E-state index contributed by atoms with van der Waals surface area (Å²) in [7, 11) is 3.07. The lowest BCUT2D eigenvalue weighted by atomic mass is 9.69. The van der Waals surface area contributed by atoms with Crippen LogP contribution in [0.3, 0.4) is 0 Å². The molecule has 1 atom stereocenters. The highest BCUT2D eigenvalue weighted by molar-refractivity contribution is 7.12. The Labute approximate surface area is 202 Å². The molecule has 176 valence electrons. The number of methoxy groups -OCH3 is 2. The lowest BCUT2D eigenvalue weighted by molar-refractivity contribution is -0.118. The van der Waals surface area contributed by atoms with Crippen molar-refractivity contribution in [2.75, 3.05) is 14.2 Å². The zero-order valence-electron chi connectivity index (χ0n) is 19.5. The first-order valence-electron chi connectivity index (χ1n) is 10.7. The summed E-state index contributed by atoms with van der Waals surface area (Å²) in [6.45, 7) is 4.00. The van der Waals surface area contributed by atoms with E-state index in [2.05, 4.69) is 11.5 Å². The van der Waals surface area contributed by atoms with Gasteiger partial charge < -0.3 is 15.2 Å². The number of hydrazine groups is 1. The van der Waals surface area contributed by atoms with Crippen molar-refractivity contribution in [2.24, 2.45) is 11.1 Å². The fraction of sp³-hybridized carbons (Fsp3) is 0.320. The van der Waals surface area contributed by atoms with E-state index < -0.39 is 5.92 Å². The second-order valence-electron chi connectivity index (χ2n) is 9.01. The minimum atomic E-state index is -0.682. The van der Waals surface area contributed by atoms with Gasteiger partial charge in [-0.05, 0) is 41.0 Å². The zero-order chi connectivity index (χ0) is 24.6. The number of carbonyl (C=O) groups excluding carboxylic acids is 2. The molecule has 4 rings (SSSR count). The van der Waals surface area contributed by atoms with Gasteiger partial charge in [-0.2, -0.15) is 5.26 Å². The van der Waals surface area contributed by atoms with Gasteiger partial charge in [-0.25, -0.2) is 5.01 Å². The van der Waals surface area contributed by atoms with Gasteiger partial charge in [0, 0.05) is 12.0 Å². The molecule has 1 amide bonds. The number of hydrogen-bond donors (Lipinski definition) is 2. The molecule has 34 heavy (non-hydrogen) atoms. The SMILES string of the molecule is COc1ccc(C2C(C#N)=C(N)N(NC(=O)c3cccs3)C3=C2C(=O)CC(C)(C)C3)cc1OC. The number of benzene rings is 1. The highest BCUT2D eigenvalue weighted by Gasteiger charge is 2.45. The second kappa shape index (κ2) is 8.88. The average Bonchev–Trinajstić information content (AvgIpc) is 3.34. The lowest BCUT2D eigenvalue weighted by Gasteiger charge is -2.43. The summed E-state index contributed by atoms with van der Waals surface area (Å²) in [5.74, 6) is -0.0124. The van der Waals surface area contributed by atoms with Crippen LogP contribution in [0.5, 0.6) is 11.5 Å². The normalized spacial score (nSPS) is 19.4. The van der Waals surface area contributed by atoms with E-state index >= 15 is 0 Å². The van der Waals surface area contributed by atoms with E-state index in [9.17, 15) is 14.9 Å². The maximum atomic E-state index is 13.5. The number of nitriles is 1. The van der Waals surface area contributed by atoms with Crippen molar-refractivity contribution in [2.45, 2.75) is 32.6 Å². The first kappa shape index (κ1) is 23.4. The highest BCUT2D eigenvalue weighted by Crippen LogP contribution is 2.49. The molecule has 0 bridgehead atoms. The number of thiophene rings is 1. The van der Waals surface area contributed by atoms with Crippen LogP contribution in [0.15, 0.2) is 58.4 Å². The summed E-state index contributed by atoms with van der Waals surface area (Å²) < 4.78 is 10.8. The number of Topliss-reactive ketones (excluding diaryl/α,β-unsaturated/α-hetero) is 1. The number of ether oxygens (including phenoxy) is 2. The van der Waals surface area contributed by atoms with Gasteiger partial charge in [-0.15, -0.1) is 11.3 Å². The quantitative estimate of drug-likeness (QED) is 0.670. The van der Waals surface area contributed by atoms with E-state index in [1.54, 1.807) is 35.7 Å². The predicted octanol–water partition coefficient (Wildman–Crippen LogP) is 3.85. The summed E-state index contributed by atoms with van der Waals surface area (Å²) in [4.78, 5) is 26.9. The summed E-state index contributed by atoms with van der Waals surface area (Å²) in [6, 6.07) is 11.0. The molecule has 1 aromatic carbocycles. The third-order valence-corrected chi connectivity index (χ3v) is 6.95. The molecule has 0 fully saturated rings. The fourth-order valence-corrected chi connectivity index (χ4v) is 5.18. The van der Waals surface area contributed by atoms with Gasteiger partial charge in [0.15, 0.2) is 17.3 Å². The lowest BCUT2D eigenvalue weighted by Crippen LogP contribution is -2.49. The van der Waals surface area contributed by atoms with Gasteiger partial charge in [-0.3, -0.25) is 15.0 Å². The third-order valence-electron chi connectivity index (χ3n) is 6.08. The van der Waals surface area contributed by atoms with E-state index in [1.165, 1.54) is 30.6 Å². The first-order chi connectivity index (χ1) is 16.2. The van der Waals surface area contributed by atoms with E-state index in [0.29, 0.717) is 46.1 Å². The number of allylic oxidation sites excluding steroid dienone is 3. The van der Waals surface area contributed by atoms with E-state index in [1.807, 2.05) is 13.8 Å². The molecule has 0 spiro atoms. The fourth-order valence-electron chi connectivity index (χ4n) is 4.57. The van der Waals surface area contributed by atoms with Crippen molar-refractivity contribution in [3.05, 3.63) is 68.8 Å². The highest BCUT2D eigenvalue weighted by atomic mass is 32.1. The van der Waals surface area contributed by atoms with E-state index in [0.717, 1.165) is 0 Å². The molecule has 2 aliphatic rings. The third kappa shape index (κ3) is 4.01. The molecule has 1 unspecified atom stereocenters. The van der Waals surface area contributed by atoms with Crippen LogP contribution >= 0.6 is 11.3 Å². The molecule has 3 N–H and O–H groups in total. The Hall–Kier alpha value is -3.77. The second-order valence-corrected chi connectivity index (χ2v) is 9.96. The predicted molar refractivity (Wildman–Crippen MR) is 128 cm³/mol. The van der Waals surface area contributed by atoms with Crippen LogP contribution in [0.2, 0.25) is 0 Å². The Morgan fingerprint density at radius 1 is 1.24 bits per heavy atom. The monoisotopic (exact) mass is 478 g/mol. The van der Waals surface area contributed by atoms with Crippen molar-refractivity contribution in [3.8, 4) is 17.6 Å². The first-order valence-corrected chi connectivity index (χ1v) is 11.6. The maximum absolute atomic E-state index is 13.5. The van der Waals surface area contributed by atoms with Crippen LogP contribution in [0, 0.1) is 16.7 Å². The zero-order valence-corrected chi connectivity index (χ0v) is 20.3. The summed E-state index contributed by atoms with van der Waals surface area (Å²) >= 11 is 1.29. The molecule has 8 nitrogen and oxygen atoms in total. The molecule has 0 saturated heterocycles. The van der Waals surface area contributed by atoms with Crippen LogP contribution in [-0.4, -0.2) is 30.9 Å². The van der Waals surface area contributed by atoms with Gasteiger partial charge in [-0.1, -0.05) is 26.0 Å². The summed E-state index contributed by atoms with van der Waals surface area (Å²) in [5.41, 5.74) is 10.9. The minimum absolute atomic E-state index is 0.0818. The number of carbonyl (C=O) groups is 2. The number of amides is 1. The number of rotatable bonds is 5. The van der Waals surface area contributed by atoms with Gasteiger partial charge >= 0.3 is 0 Å². The Morgan fingerprint density at radius 3 is 2.59 bits per heavy atom. The Bertz CT molecular complexity index is 1250. The largest absolute Gasteiger partial charge is 0.493 e. The van der Waals surface area contributed by atoms with Crippen LogP contribution in [0.25, 0.3) is 0 Å². The standard InChI is InChI=1S/C25H26N4O4S/c1-25(2)11-16-22(17(30)12-25)21(14-7-8-18(32-3)19(10-14)33-4)15(13-26)23(27)29(16)28-24(31)20-6-5-9-34-20/h5-10,21H,11-12,27H2,1-4H3,(H,28,31). The van der Waals surface area contributed by atoms with Crippen molar-refractivity contribution in [3.63, 3.8) is 0 Å². The molecule has 1 aliphatic heterocycles. The maximum Gasteiger partial charge on any atom is 0.280 e. The molecule has 0 saturated carbocycles. The van der Waals surface area contributed by atoms with Crippen LogP contribution in [0.4, 0.5) is 0 Å². The number of ketones is 1. The number of nitrogens with two attached hydrogens (primary N) is 1. The number of hydrogen-bond acceptors (Lipinski definition) is 8. The topological polar surface area (TPSA) is 118 Å². The molecule has 9 heteroatoms. The molecule has 0 radical (unpaired) electrons. The van der Waals surface area contributed by atoms with Gasteiger partial charge in [0.2, 0.25) is 0 Å². The van der Waals surface area contributed by atoms with Crippen LogP contribution < -0.4 is 20.6 Å². The molecule has 1 aromatic heterocycles. The minimum Gasteiger partial charge on any atom is -0.493 e. The van der Waals surface area contributed by atoms with Crippen molar-refractivity contribution in [1.82, 2.24) is 10.4 Å². The smallest absolute Gasteiger partial charge is 0.280 e. The van der Waals surface area contributed by atoms with Crippen molar-refractivity contribution in [1.29, 1.82) is 5.26 Å². The van der Waals surface area contributed by atoms with Crippen LogP contribution in [-0.2, 0) is 4.79 Å². The Morgan fingerprint density at radius 2 is 1.97 bits per heavy atom. The molecule has 2 heterocycles. The van der Waals surface area contributed by atoms with Gasteiger partial charge in [0.1, 0.15) is 5.82 Å². The average molecular weight is 479 g/mol. The molecular weight excluding hydrogens is 452 g/mol. The molecule has 1 aliphatic carbocycles. The van der Waals surface area contributed by atoms with Crippen molar-refractivity contribution < 1.29 is 19.1 Å². The number of nitrogens with zero attached hydrogens (tertiary/aromatic N) is 2. The summed E-state index contributed by atoms with van der Waals surface area (Å²) in [5, 5.41) is 13.3. The molecule has 2 aromatic rings. The Kier molecular flexibility index (Phi) is 6.11. The van der Waals surface area contributed by atoms with Crippen molar-refractivity contribution >= 4 is 23.0 Å². The summed E-state index contributed by atoms with van der Waals surface area (Å²) in [6.07, 6.45) is 0.822. The Balaban J connectivity index is 1.89. The molecular formula is C25H26N4O4S. The van der Waals surface area contributed by atoms with Gasteiger partial charge in [0.05, 0.1) is 42.4 Å². The van der Waals surface area contributed by atoms with E-state index in [-0.39, 0.29) is 28.5 Å². The van der Waals surface area contributed by atoms with Gasteiger partial charge in [0.25, 0.3) is 5.91 Å². The van der Waals surface area contributed by atoms with E-state index in [4.69, 9.17) is 15.2 Å². The number of nitrogens with one attached hydrogen (secondary N) is 1.